The van der Waals surface area contributed by atoms with Crippen molar-refractivity contribution in [1.29, 1.82) is 0 Å². The van der Waals surface area contributed by atoms with Crippen molar-refractivity contribution in [1.82, 2.24) is 4.90 Å². The summed E-state index contributed by atoms with van der Waals surface area (Å²) in [5, 5.41) is 9.10. The minimum atomic E-state index is -0.919. The van der Waals surface area contributed by atoms with E-state index in [0.29, 0.717) is 25.5 Å². The number of aryl methyl sites for hydroxylation is 2. The van der Waals surface area contributed by atoms with Crippen molar-refractivity contribution in [3.05, 3.63) is 58.7 Å². The van der Waals surface area contributed by atoms with Crippen molar-refractivity contribution < 1.29 is 24.2 Å². The van der Waals surface area contributed by atoms with E-state index in [2.05, 4.69) is 13.0 Å². The van der Waals surface area contributed by atoms with Gasteiger partial charge in [0.1, 0.15) is 24.7 Å². The van der Waals surface area contributed by atoms with Crippen molar-refractivity contribution in [3.63, 3.8) is 0 Å². The molecule has 2 aromatic carbocycles. The molecule has 1 saturated heterocycles. The lowest BCUT2D eigenvalue weighted by Gasteiger charge is -2.17. The molecule has 1 amide bonds. The number of benzene rings is 2. The molecule has 0 spiro atoms. The van der Waals surface area contributed by atoms with Gasteiger partial charge < -0.3 is 19.5 Å². The van der Waals surface area contributed by atoms with Crippen LogP contribution in [0.5, 0.6) is 11.5 Å². The van der Waals surface area contributed by atoms with Gasteiger partial charge in [0.15, 0.2) is 0 Å². The van der Waals surface area contributed by atoms with Gasteiger partial charge in [-0.1, -0.05) is 18.2 Å². The van der Waals surface area contributed by atoms with E-state index in [0.717, 1.165) is 16.9 Å². The highest BCUT2D eigenvalue weighted by Crippen LogP contribution is 2.24. The Morgan fingerprint density at radius 1 is 1.14 bits per heavy atom. The van der Waals surface area contributed by atoms with Crippen LogP contribution < -0.4 is 9.47 Å². The molecule has 6 nitrogen and oxygen atoms in total. The number of hydrogen-bond acceptors (Lipinski definition) is 4. The van der Waals surface area contributed by atoms with Crippen LogP contribution in [-0.2, 0) is 16.1 Å². The first-order valence-electron chi connectivity index (χ1n) is 9.76. The number of carboxylic acids is 1. The number of carbonyl (C=O) groups excluding carboxylic acids is 1. The number of ether oxygens (including phenoxy) is 2. The molecular formula is C23H27NO5. The van der Waals surface area contributed by atoms with Gasteiger partial charge >= 0.3 is 5.97 Å². The molecule has 0 saturated carbocycles. The van der Waals surface area contributed by atoms with Gasteiger partial charge in [-0.25, -0.2) is 0 Å². The number of nitrogens with zero attached hydrogens (tertiary/aromatic N) is 1. The van der Waals surface area contributed by atoms with Crippen LogP contribution in [0.25, 0.3) is 0 Å². The lowest BCUT2D eigenvalue weighted by atomic mass is 10.1. The van der Waals surface area contributed by atoms with Crippen LogP contribution in [0.3, 0.4) is 0 Å². The van der Waals surface area contributed by atoms with E-state index in [1.165, 1.54) is 11.1 Å². The largest absolute Gasteiger partial charge is 0.490 e. The first kappa shape index (κ1) is 20.7. The Balaban J connectivity index is 1.52. The first-order chi connectivity index (χ1) is 13.8. The number of rotatable bonds is 8. The second-order valence-electron chi connectivity index (χ2n) is 7.56. The van der Waals surface area contributed by atoms with Gasteiger partial charge in [-0.15, -0.1) is 0 Å². The van der Waals surface area contributed by atoms with Gasteiger partial charge in [0.2, 0.25) is 5.91 Å². The third-order valence-corrected chi connectivity index (χ3v) is 5.21. The molecule has 0 aliphatic carbocycles. The monoisotopic (exact) mass is 397 g/mol. The van der Waals surface area contributed by atoms with Crippen LogP contribution >= 0.6 is 0 Å². The predicted molar refractivity (Wildman–Crippen MR) is 109 cm³/mol. The molecular weight excluding hydrogens is 370 g/mol. The molecule has 0 radical (unpaired) electrons. The van der Waals surface area contributed by atoms with Crippen LogP contribution in [-0.4, -0.2) is 41.6 Å². The van der Waals surface area contributed by atoms with Crippen molar-refractivity contribution in [2.24, 2.45) is 5.92 Å². The molecule has 1 heterocycles. The van der Waals surface area contributed by atoms with Crippen LogP contribution in [0.1, 0.15) is 28.7 Å². The summed E-state index contributed by atoms with van der Waals surface area (Å²) in [5.74, 6) is -0.0873. The minimum absolute atomic E-state index is 0.0702. The number of likely N-dealkylation sites (tertiary alicyclic amines) is 1. The minimum Gasteiger partial charge on any atom is -0.490 e. The molecule has 154 valence electrons. The molecule has 3 rings (SSSR count). The fourth-order valence-corrected chi connectivity index (χ4v) is 3.51. The van der Waals surface area contributed by atoms with Crippen molar-refractivity contribution in [2.45, 2.75) is 33.7 Å². The maximum Gasteiger partial charge on any atom is 0.308 e. The highest BCUT2D eigenvalue weighted by Gasteiger charge is 2.34. The smallest absolute Gasteiger partial charge is 0.308 e. The summed E-state index contributed by atoms with van der Waals surface area (Å²) < 4.78 is 11.7. The van der Waals surface area contributed by atoms with Gasteiger partial charge in [-0.2, -0.15) is 0 Å². The summed E-state index contributed by atoms with van der Waals surface area (Å²) in [4.78, 5) is 24.7. The maximum absolute atomic E-state index is 12.0. The van der Waals surface area contributed by atoms with Gasteiger partial charge in [-0.05, 0) is 61.2 Å². The second kappa shape index (κ2) is 8.99. The Kier molecular flexibility index (Phi) is 6.42. The summed E-state index contributed by atoms with van der Waals surface area (Å²) in [7, 11) is 0. The molecule has 1 fully saturated rings. The van der Waals surface area contributed by atoms with Crippen LogP contribution in [0.2, 0.25) is 0 Å². The van der Waals surface area contributed by atoms with Gasteiger partial charge in [0.25, 0.3) is 0 Å². The van der Waals surface area contributed by atoms with Gasteiger partial charge in [-0.3, -0.25) is 9.59 Å². The van der Waals surface area contributed by atoms with E-state index in [4.69, 9.17) is 14.6 Å². The Hall–Kier alpha value is -3.02. The molecule has 6 heteroatoms. The van der Waals surface area contributed by atoms with Gasteiger partial charge in [0.05, 0.1) is 5.92 Å². The summed E-state index contributed by atoms with van der Waals surface area (Å²) in [5.41, 5.74) is 4.41. The predicted octanol–water partition coefficient (Wildman–Crippen LogP) is 3.50. The Bertz CT molecular complexity index is 908. The normalized spacial score (nSPS) is 16.2. The zero-order valence-corrected chi connectivity index (χ0v) is 17.1. The average Bonchev–Trinajstić information content (AvgIpc) is 3.04. The van der Waals surface area contributed by atoms with Crippen molar-refractivity contribution in [3.8, 4) is 11.5 Å². The Morgan fingerprint density at radius 3 is 2.62 bits per heavy atom. The fourth-order valence-electron chi connectivity index (χ4n) is 3.51. The van der Waals surface area contributed by atoms with E-state index in [-0.39, 0.29) is 18.9 Å². The van der Waals surface area contributed by atoms with E-state index in [1.807, 2.05) is 44.2 Å². The SMILES string of the molecule is Cc1cc(C)c(C)c(OCCOc2cccc(CN3CC(C(=O)O)CC3=O)c2)c1. The Morgan fingerprint density at radius 2 is 1.90 bits per heavy atom. The average molecular weight is 397 g/mol. The third-order valence-electron chi connectivity index (χ3n) is 5.21. The highest BCUT2D eigenvalue weighted by molar-refractivity contribution is 5.86. The lowest BCUT2D eigenvalue weighted by Crippen LogP contribution is -2.25. The maximum atomic E-state index is 12.0. The zero-order chi connectivity index (χ0) is 21.0. The molecule has 2 aromatic rings. The van der Waals surface area contributed by atoms with Crippen molar-refractivity contribution >= 4 is 11.9 Å². The second-order valence-corrected chi connectivity index (χ2v) is 7.56. The van der Waals surface area contributed by atoms with E-state index in [1.54, 1.807) is 4.90 Å². The summed E-state index contributed by atoms with van der Waals surface area (Å²) in [6, 6.07) is 11.7. The lowest BCUT2D eigenvalue weighted by molar-refractivity contribution is -0.141. The van der Waals surface area contributed by atoms with Crippen LogP contribution in [0, 0.1) is 26.7 Å². The molecule has 1 aliphatic rings. The summed E-state index contributed by atoms with van der Waals surface area (Å²) in [6.45, 7) is 7.63. The van der Waals surface area contributed by atoms with E-state index < -0.39 is 11.9 Å². The number of carbonyl (C=O) groups is 2. The quantitative estimate of drug-likeness (QED) is 0.690. The molecule has 1 aliphatic heterocycles. The molecule has 0 bridgehead atoms. The topological polar surface area (TPSA) is 76.1 Å². The molecule has 1 atom stereocenters. The van der Waals surface area contributed by atoms with E-state index >= 15 is 0 Å². The Labute approximate surface area is 171 Å². The van der Waals surface area contributed by atoms with Crippen LogP contribution in [0.4, 0.5) is 0 Å². The van der Waals surface area contributed by atoms with Crippen LogP contribution in [0.15, 0.2) is 36.4 Å². The first-order valence-corrected chi connectivity index (χ1v) is 9.76. The van der Waals surface area contributed by atoms with Crippen molar-refractivity contribution in [2.75, 3.05) is 19.8 Å². The number of hydrogen-bond donors (Lipinski definition) is 1. The molecule has 0 aromatic heterocycles. The fraction of sp³-hybridized carbons (Fsp3) is 0.391. The molecule has 1 N–H and O–H groups in total. The number of aliphatic carboxylic acids is 1. The van der Waals surface area contributed by atoms with Gasteiger partial charge in [0, 0.05) is 19.5 Å². The number of amides is 1. The van der Waals surface area contributed by atoms with E-state index in [9.17, 15) is 9.59 Å². The standard InChI is InChI=1S/C23H27NO5/c1-15-9-16(2)17(3)21(10-15)29-8-7-28-20-6-4-5-18(11-20)13-24-14-19(23(26)27)12-22(24)25/h4-6,9-11,19H,7-8,12-14H2,1-3H3,(H,26,27). The highest BCUT2D eigenvalue weighted by atomic mass is 16.5. The number of carboxylic acid groups (broad SMARTS) is 1. The zero-order valence-electron chi connectivity index (χ0n) is 17.1. The molecule has 1 unspecified atom stereocenters. The summed E-state index contributed by atoms with van der Waals surface area (Å²) >= 11 is 0. The third kappa shape index (κ3) is 5.28. The summed E-state index contributed by atoms with van der Waals surface area (Å²) in [6.07, 6.45) is 0.0702. The molecule has 29 heavy (non-hydrogen) atoms.